The highest BCUT2D eigenvalue weighted by Gasteiger charge is 2.26. The van der Waals surface area contributed by atoms with Crippen LogP contribution in [0.3, 0.4) is 0 Å². The Morgan fingerprint density at radius 2 is 1.70 bits per heavy atom. The van der Waals surface area contributed by atoms with Gasteiger partial charge < -0.3 is 5.11 Å². The van der Waals surface area contributed by atoms with E-state index in [-0.39, 0.29) is 5.82 Å². The first kappa shape index (κ1) is 12.8. The fraction of sp³-hybridized carbons (Fsp3) is 0.118. The summed E-state index contributed by atoms with van der Waals surface area (Å²) in [5.41, 5.74) is 0.995. The summed E-state index contributed by atoms with van der Waals surface area (Å²) in [6, 6.07) is 15.5. The fourth-order valence-corrected chi connectivity index (χ4v) is 2.28. The van der Waals surface area contributed by atoms with Gasteiger partial charge in [-0.1, -0.05) is 30.3 Å². The van der Waals surface area contributed by atoms with Crippen molar-refractivity contribution in [2.45, 2.75) is 12.5 Å². The molecule has 1 heterocycles. The first-order valence-electron chi connectivity index (χ1n) is 6.41. The molecule has 0 radical (unpaired) electrons. The van der Waals surface area contributed by atoms with Crippen LogP contribution in [-0.2, 0) is 5.60 Å². The van der Waals surface area contributed by atoms with E-state index in [1.807, 2.05) is 30.3 Å². The molecular weight excluding hydrogens is 253 g/mol. The summed E-state index contributed by atoms with van der Waals surface area (Å²) >= 11 is 0. The topological polar surface area (TPSA) is 33.1 Å². The van der Waals surface area contributed by atoms with Gasteiger partial charge in [-0.25, -0.2) is 4.39 Å². The molecule has 0 bridgehead atoms. The first-order chi connectivity index (χ1) is 9.57. The third kappa shape index (κ3) is 2.17. The molecule has 20 heavy (non-hydrogen) atoms. The molecule has 1 unspecified atom stereocenters. The van der Waals surface area contributed by atoms with Crippen molar-refractivity contribution in [1.29, 1.82) is 0 Å². The van der Waals surface area contributed by atoms with Crippen molar-refractivity contribution in [1.82, 2.24) is 4.98 Å². The van der Waals surface area contributed by atoms with Crippen molar-refractivity contribution < 1.29 is 9.50 Å². The van der Waals surface area contributed by atoms with E-state index in [9.17, 15) is 9.50 Å². The molecule has 1 aromatic heterocycles. The van der Waals surface area contributed by atoms with E-state index in [0.29, 0.717) is 11.1 Å². The number of nitrogens with zero attached hydrogens (tertiary/aromatic N) is 1. The molecule has 0 saturated carbocycles. The maximum Gasteiger partial charge on any atom is 0.123 e. The smallest absolute Gasteiger partial charge is 0.123 e. The number of halogens is 1. The molecule has 0 amide bonds. The Labute approximate surface area is 116 Å². The van der Waals surface area contributed by atoms with E-state index >= 15 is 0 Å². The van der Waals surface area contributed by atoms with E-state index < -0.39 is 5.60 Å². The van der Waals surface area contributed by atoms with Crippen LogP contribution in [-0.4, -0.2) is 10.1 Å². The van der Waals surface area contributed by atoms with E-state index in [2.05, 4.69) is 4.98 Å². The number of hydrogen-bond acceptors (Lipinski definition) is 2. The minimum atomic E-state index is -1.20. The Morgan fingerprint density at radius 3 is 2.45 bits per heavy atom. The van der Waals surface area contributed by atoms with Gasteiger partial charge in [-0.3, -0.25) is 4.98 Å². The molecule has 0 fully saturated rings. The molecule has 1 atom stereocenters. The lowest BCUT2D eigenvalue weighted by Crippen LogP contribution is -2.23. The Morgan fingerprint density at radius 1 is 1.00 bits per heavy atom. The second-order valence-electron chi connectivity index (χ2n) is 5.00. The van der Waals surface area contributed by atoms with Gasteiger partial charge in [-0.2, -0.15) is 0 Å². The summed E-state index contributed by atoms with van der Waals surface area (Å²) < 4.78 is 13.0. The zero-order valence-electron chi connectivity index (χ0n) is 11.0. The van der Waals surface area contributed by atoms with Crippen LogP contribution in [0.2, 0.25) is 0 Å². The lowest BCUT2D eigenvalue weighted by molar-refractivity contribution is 0.102. The molecule has 0 aliphatic carbocycles. The molecule has 100 valence electrons. The fourth-order valence-electron chi connectivity index (χ4n) is 2.28. The minimum Gasteiger partial charge on any atom is -0.381 e. The van der Waals surface area contributed by atoms with Gasteiger partial charge in [0.15, 0.2) is 0 Å². The van der Waals surface area contributed by atoms with Crippen molar-refractivity contribution in [2.24, 2.45) is 0 Å². The van der Waals surface area contributed by atoms with Gasteiger partial charge in [-0.05, 0) is 36.8 Å². The van der Waals surface area contributed by atoms with Crippen molar-refractivity contribution in [2.75, 3.05) is 0 Å². The van der Waals surface area contributed by atoms with Crippen LogP contribution in [0.5, 0.6) is 0 Å². The summed E-state index contributed by atoms with van der Waals surface area (Å²) in [6.45, 7) is 1.69. The van der Waals surface area contributed by atoms with Crippen LogP contribution < -0.4 is 0 Å². The number of aliphatic hydroxyl groups is 1. The maximum atomic E-state index is 13.0. The van der Waals surface area contributed by atoms with Gasteiger partial charge in [-0.15, -0.1) is 0 Å². The highest BCUT2D eigenvalue weighted by Crippen LogP contribution is 2.30. The molecule has 3 heteroatoms. The Kier molecular flexibility index (Phi) is 2.99. The third-order valence-electron chi connectivity index (χ3n) is 3.56. The number of fused-ring (bicyclic) bond motifs is 1. The average Bonchev–Trinajstić information content (AvgIpc) is 2.47. The Balaban J connectivity index is 2.10. The Bertz CT molecular complexity index is 750. The van der Waals surface area contributed by atoms with Crippen molar-refractivity contribution >= 4 is 10.9 Å². The molecule has 1 N–H and O–H groups in total. The van der Waals surface area contributed by atoms with Crippen molar-refractivity contribution in [3.05, 3.63) is 77.7 Å². The highest BCUT2D eigenvalue weighted by molar-refractivity contribution is 5.79. The van der Waals surface area contributed by atoms with E-state index in [4.69, 9.17) is 0 Å². The van der Waals surface area contributed by atoms with Crippen molar-refractivity contribution in [3.63, 3.8) is 0 Å². The lowest BCUT2D eigenvalue weighted by atomic mass is 9.88. The number of benzene rings is 2. The van der Waals surface area contributed by atoms with E-state index in [1.54, 1.807) is 25.3 Å². The van der Waals surface area contributed by atoms with Crippen LogP contribution in [0, 0.1) is 5.82 Å². The van der Waals surface area contributed by atoms with Crippen LogP contribution in [0.15, 0.2) is 60.8 Å². The largest absolute Gasteiger partial charge is 0.381 e. The van der Waals surface area contributed by atoms with Gasteiger partial charge in [0, 0.05) is 17.1 Å². The van der Waals surface area contributed by atoms with Crippen LogP contribution in [0.4, 0.5) is 4.39 Å². The number of pyridine rings is 1. The highest BCUT2D eigenvalue weighted by atomic mass is 19.1. The number of hydrogen-bond donors (Lipinski definition) is 1. The molecular formula is C17H14FNO. The zero-order chi connectivity index (χ0) is 14.2. The summed E-state index contributed by atoms with van der Waals surface area (Å²) in [7, 11) is 0. The minimum absolute atomic E-state index is 0.318. The van der Waals surface area contributed by atoms with Gasteiger partial charge in [0.25, 0.3) is 0 Å². The maximum absolute atomic E-state index is 13.0. The van der Waals surface area contributed by atoms with Gasteiger partial charge in [0.05, 0.1) is 5.52 Å². The first-order valence-corrected chi connectivity index (χ1v) is 6.41. The number of para-hydroxylation sites is 1. The molecule has 0 spiro atoms. The summed E-state index contributed by atoms with van der Waals surface area (Å²) in [5.74, 6) is -0.318. The molecule has 3 aromatic rings. The van der Waals surface area contributed by atoms with Gasteiger partial charge in [0.2, 0.25) is 0 Å². The molecule has 0 aliphatic heterocycles. The SMILES string of the molecule is CC(O)(c1ccc(F)cc1)c1cnc2ccccc2c1. The molecule has 0 saturated heterocycles. The molecule has 2 nitrogen and oxygen atoms in total. The Hall–Kier alpha value is -2.26. The predicted octanol–water partition coefficient (Wildman–Crippen LogP) is 3.63. The molecule has 3 rings (SSSR count). The monoisotopic (exact) mass is 267 g/mol. The van der Waals surface area contributed by atoms with Gasteiger partial charge in [0.1, 0.15) is 11.4 Å². The van der Waals surface area contributed by atoms with Crippen LogP contribution in [0.1, 0.15) is 18.1 Å². The van der Waals surface area contributed by atoms with E-state index in [0.717, 1.165) is 10.9 Å². The molecule has 0 aliphatic rings. The third-order valence-corrected chi connectivity index (χ3v) is 3.56. The summed E-state index contributed by atoms with van der Waals surface area (Å²) in [6.07, 6.45) is 1.66. The zero-order valence-corrected chi connectivity index (χ0v) is 11.0. The standard InChI is InChI=1S/C17H14FNO/c1-17(20,13-6-8-15(18)9-7-13)14-10-12-4-2-3-5-16(12)19-11-14/h2-11,20H,1H3. The van der Waals surface area contributed by atoms with E-state index in [1.165, 1.54) is 12.1 Å². The van der Waals surface area contributed by atoms with Crippen LogP contribution >= 0.6 is 0 Å². The number of aromatic nitrogens is 1. The van der Waals surface area contributed by atoms with Crippen LogP contribution in [0.25, 0.3) is 10.9 Å². The average molecular weight is 267 g/mol. The lowest BCUT2D eigenvalue weighted by Gasteiger charge is -2.24. The normalized spacial score (nSPS) is 14.2. The quantitative estimate of drug-likeness (QED) is 0.769. The predicted molar refractivity (Wildman–Crippen MR) is 76.8 cm³/mol. The van der Waals surface area contributed by atoms with Crippen molar-refractivity contribution in [3.8, 4) is 0 Å². The second kappa shape index (κ2) is 4.69. The molecule has 2 aromatic carbocycles. The summed E-state index contributed by atoms with van der Waals surface area (Å²) in [4.78, 5) is 4.36. The number of rotatable bonds is 2. The second-order valence-corrected chi connectivity index (χ2v) is 5.00. The summed E-state index contributed by atoms with van der Waals surface area (Å²) in [5, 5.41) is 11.7. The van der Waals surface area contributed by atoms with Gasteiger partial charge >= 0.3 is 0 Å².